The molecule has 2 fully saturated rings. The first-order chi connectivity index (χ1) is 13.5. The van der Waals surface area contributed by atoms with Crippen LogP contribution in [0, 0.1) is 0 Å². The minimum atomic E-state index is -0.332. The first-order valence-corrected chi connectivity index (χ1v) is 10.4. The summed E-state index contributed by atoms with van der Waals surface area (Å²) in [6, 6.07) is 10.0. The van der Waals surface area contributed by atoms with E-state index in [1.54, 1.807) is 11.9 Å². The van der Waals surface area contributed by atoms with Crippen LogP contribution in [0.1, 0.15) is 24.1 Å². The highest BCUT2D eigenvalue weighted by molar-refractivity contribution is 7.13. The van der Waals surface area contributed by atoms with Gasteiger partial charge in [-0.25, -0.2) is 4.98 Å². The Kier molecular flexibility index (Phi) is 8.10. The number of piperidine rings is 1. The van der Waals surface area contributed by atoms with Gasteiger partial charge < -0.3 is 15.5 Å². The lowest BCUT2D eigenvalue weighted by Gasteiger charge is -2.43. The standard InChI is InChI=1S/C20H25N5O2S.2ClH/c1-24-12-15(22-11-17(24)26)18(27)25-9-7-20(8-10-25,14-5-3-2-4-6-14)16-13-28-19(21)23-16;;/h2-6,13,15,22H,7-12H2,1H3,(H2,21,23);2*1H. The smallest absolute Gasteiger partial charge is 0.241 e. The number of rotatable bonds is 3. The number of likely N-dealkylation sites (N-methyl/N-ethyl adjacent to an activating group) is 1. The van der Waals surface area contributed by atoms with Crippen molar-refractivity contribution in [1.29, 1.82) is 0 Å². The lowest BCUT2D eigenvalue weighted by Crippen LogP contribution is -2.60. The van der Waals surface area contributed by atoms with Gasteiger partial charge in [-0.15, -0.1) is 36.2 Å². The van der Waals surface area contributed by atoms with Crippen molar-refractivity contribution in [2.75, 3.05) is 39.0 Å². The van der Waals surface area contributed by atoms with E-state index in [1.165, 1.54) is 16.9 Å². The molecule has 30 heavy (non-hydrogen) atoms. The van der Waals surface area contributed by atoms with Gasteiger partial charge in [-0.05, 0) is 18.4 Å². The van der Waals surface area contributed by atoms with Crippen LogP contribution in [-0.4, -0.2) is 65.9 Å². The number of carbonyl (C=O) groups excluding carboxylic acids is 2. The van der Waals surface area contributed by atoms with Gasteiger partial charge in [0.1, 0.15) is 6.04 Å². The van der Waals surface area contributed by atoms with Crippen LogP contribution in [0.2, 0.25) is 0 Å². The molecule has 0 spiro atoms. The lowest BCUT2D eigenvalue weighted by molar-refractivity contribution is -0.140. The number of hydrogen-bond donors (Lipinski definition) is 2. The number of amides is 2. The van der Waals surface area contributed by atoms with E-state index in [4.69, 9.17) is 5.73 Å². The average Bonchev–Trinajstić information content (AvgIpc) is 3.17. The van der Waals surface area contributed by atoms with E-state index in [9.17, 15) is 9.59 Å². The maximum atomic E-state index is 13.0. The fraction of sp³-hybridized carbons (Fsp3) is 0.450. The van der Waals surface area contributed by atoms with Gasteiger partial charge in [0.05, 0.1) is 12.2 Å². The number of carbonyl (C=O) groups is 2. The molecule has 2 aliphatic heterocycles. The molecule has 2 saturated heterocycles. The number of hydrogen-bond acceptors (Lipinski definition) is 6. The summed E-state index contributed by atoms with van der Waals surface area (Å²) in [5.74, 6) is 0.0886. The zero-order valence-corrected chi connectivity index (χ0v) is 19.2. The molecule has 0 bridgehead atoms. The minimum Gasteiger partial charge on any atom is -0.375 e. The molecule has 10 heteroatoms. The van der Waals surface area contributed by atoms with E-state index in [2.05, 4.69) is 22.4 Å². The highest BCUT2D eigenvalue weighted by Gasteiger charge is 2.42. The van der Waals surface area contributed by atoms with Crippen molar-refractivity contribution >= 4 is 53.1 Å². The molecule has 0 aliphatic carbocycles. The molecular formula is C20H27Cl2N5O2S. The van der Waals surface area contributed by atoms with Crippen molar-refractivity contribution in [2.24, 2.45) is 0 Å². The number of benzene rings is 1. The van der Waals surface area contributed by atoms with Gasteiger partial charge in [-0.2, -0.15) is 0 Å². The topological polar surface area (TPSA) is 91.6 Å². The van der Waals surface area contributed by atoms with Crippen LogP contribution < -0.4 is 11.1 Å². The monoisotopic (exact) mass is 471 g/mol. The molecule has 2 aromatic rings. The average molecular weight is 472 g/mol. The van der Waals surface area contributed by atoms with Crippen molar-refractivity contribution in [3.63, 3.8) is 0 Å². The third-order valence-electron chi connectivity index (χ3n) is 5.95. The van der Waals surface area contributed by atoms with Gasteiger partial charge in [0.2, 0.25) is 11.8 Å². The maximum Gasteiger partial charge on any atom is 0.241 e. The first-order valence-electron chi connectivity index (χ1n) is 9.53. The largest absolute Gasteiger partial charge is 0.375 e. The van der Waals surface area contributed by atoms with E-state index in [0.717, 1.165) is 18.5 Å². The van der Waals surface area contributed by atoms with Crippen molar-refractivity contribution in [1.82, 2.24) is 20.1 Å². The van der Waals surface area contributed by atoms with Crippen LogP contribution in [0.4, 0.5) is 5.13 Å². The van der Waals surface area contributed by atoms with Crippen LogP contribution in [0.5, 0.6) is 0 Å². The van der Waals surface area contributed by atoms with Gasteiger partial charge in [0.15, 0.2) is 5.13 Å². The summed E-state index contributed by atoms with van der Waals surface area (Å²) in [5, 5.41) is 5.69. The van der Waals surface area contributed by atoms with Crippen molar-refractivity contribution in [3.8, 4) is 0 Å². The van der Waals surface area contributed by atoms with Crippen molar-refractivity contribution < 1.29 is 9.59 Å². The Labute approximate surface area is 192 Å². The molecule has 4 rings (SSSR count). The number of nitrogens with zero attached hydrogens (tertiary/aromatic N) is 3. The highest BCUT2D eigenvalue weighted by atomic mass is 35.5. The number of anilines is 1. The summed E-state index contributed by atoms with van der Waals surface area (Å²) in [4.78, 5) is 32.8. The first kappa shape index (κ1) is 24.4. The lowest BCUT2D eigenvalue weighted by atomic mass is 9.70. The van der Waals surface area contributed by atoms with E-state index >= 15 is 0 Å². The van der Waals surface area contributed by atoms with E-state index < -0.39 is 0 Å². The Morgan fingerprint density at radius 2 is 1.90 bits per heavy atom. The number of likely N-dealkylation sites (tertiary alicyclic amines) is 1. The van der Waals surface area contributed by atoms with Crippen molar-refractivity contribution in [3.05, 3.63) is 47.0 Å². The molecule has 2 amide bonds. The quantitative estimate of drug-likeness (QED) is 0.712. The van der Waals surface area contributed by atoms with Crippen LogP contribution in [0.25, 0.3) is 0 Å². The number of aromatic nitrogens is 1. The summed E-state index contributed by atoms with van der Waals surface area (Å²) in [6.07, 6.45) is 1.60. The molecule has 1 unspecified atom stereocenters. The highest BCUT2D eigenvalue weighted by Crippen LogP contribution is 2.42. The number of nitrogen functional groups attached to an aromatic ring is 1. The van der Waals surface area contributed by atoms with Crippen LogP contribution in [0.3, 0.4) is 0 Å². The second-order valence-electron chi connectivity index (χ2n) is 7.55. The molecule has 3 N–H and O–H groups in total. The number of nitrogens with one attached hydrogen (secondary N) is 1. The molecular weight excluding hydrogens is 445 g/mol. The molecule has 0 radical (unpaired) electrons. The molecule has 164 valence electrons. The van der Waals surface area contributed by atoms with E-state index in [0.29, 0.717) is 24.8 Å². The number of thiazole rings is 1. The van der Waals surface area contributed by atoms with E-state index in [1.807, 2.05) is 28.5 Å². The van der Waals surface area contributed by atoms with E-state index in [-0.39, 0.29) is 54.6 Å². The number of halogens is 2. The Morgan fingerprint density at radius 1 is 1.23 bits per heavy atom. The zero-order valence-electron chi connectivity index (χ0n) is 16.7. The van der Waals surface area contributed by atoms with Gasteiger partial charge >= 0.3 is 0 Å². The summed E-state index contributed by atoms with van der Waals surface area (Å²) >= 11 is 1.46. The fourth-order valence-electron chi connectivity index (χ4n) is 4.24. The molecule has 1 atom stereocenters. The van der Waals surface area contributed by atoms with Gasteiger partial charge in [0.25, 0.3) is 0 Å². The Balaban J connectivity index is 0.00000160. The number of nitrogens with two attached hydrogens (primary N) is 1. The second kappa shape index (κ2) is 9.96. The predicted molar refractivity (Wildman–Crippen MR) is 123 cm³/mol. The zero-order chi connectivity index (χ0) is 19.7. The Bertz CT molecular complexity index is 871. The molecule has 7 nitrogen and oxygen atoms in total. The molecule has 1 aromatic carbocycles. The fourth-order valence-corrected chi connectivity index (χ4v) is 4.90. The Morgan fingerprint density at radius 3 is 2.47 bits per heavy atom. The number of piperazine rings is 1. The minimum absolute atomic E-state index is 0. The third-order valence-corrected chi connectivity index (χ3v) is 6.62. The molecule has 1 aromatic heterocycles. The maximum absolute atomic E-state index is 13.0. The summed E-state index contributed by atoms with van der Waals surface area (Å²) in [7, 11) is 1.74. The summed E-state index contributed by atoms with van der Waals surface area (Å²) < 4.78 is 0. The second-order valence-corrected chi connectivity index (χ2v) is 8.44. The molecule has 2 aliphatic rings. The Hall–Kier alpha value is -1.87. The van der Waals surface area contributed by atoms with Crippen LogP contribution in [-0.2, 0) is 15.0 Å². The molecule has 0 saturated carbocycles. The van der Waals surface area contributed by atoms with Gasteiger partial charge in [-0.3, -0.25) is 14.9 Å². The molecule has 3 heterocycles. The third kappa shape index (κ3) is 4.56. The van der Waals surface area contributed by atoms with Gasteiger partial charge in [-0.1, -0.05) is 30.3 Å². The normalized spacial score (nSPS) is 20.8. The van der Waals surface area contributed by atoms with Crippen LogP contribution in [0.15, 0.2) is 35.7 Å². The SMILES string of the molecule is CN1CC(C(=O)N2CCC(c3ccccc3)(c3csc(N)n3)CC2)NCC1=O.Cl.Cl. The summed E-state index contributed by atoms with van der Waals surface area (Å²) in [5.41, 5.74) is 7.91. The van der Waals surface area contributed by atoms with Crippen LogP contribution >= 0.6 is 36.2 Å². The summed E-state index contributed by atoms with van der Waals surface area (Å²) in [6.45, 7) is 1.94. The van der Waals surface area contributed by atoms with Crippen molar-refractivity contribution in [2.45, 2.75) is 24.3 Å². The van der Waals surface area contributed by atoms with Gasteiger partial charge in [0, 0.05) is 37.5 Å². The predicted octanol–water partition coefficient (Wildman–Crippen LogP) is 1.91.